The van der Waals surface area contributed by atoms with Crippen LogP contribution in [-0.4, -0.2) is 33.5 Å². The smallest absolute Gasteiger partial charge is 0.303 e. The van der Waals surface area contributed by atoms with E-state index in [1.54, 1.807) is 11.3 Å². The third-order valence-corrected chi connectivity index (χ3v) is 8.28. The zero-order chi connectivity index (χ0) is 22.1. The van der Waals surface area contributed by atoms with Gasteiger partial charge < -0.3 is 15.3 Å². The number of aliphatic hydroxyl groups is 2. The largest absolute Gasteiger partial charge is 0.481 e. The van der Waals surface area contributed by atoms with Gasteiger partial charge in [-0.1, -0.05) is 37.6 Å². The molecule has 5 atom stereocenters. The van der Waals surface area contributed by atoms with Crippen LogP contribution >= 0.6 is 27.3 Å². The van der Waals surface area contributed by atoms with E-state index >= 15 is 0 Å². The molecule has 0 bridgehead atoms. The lowest BCUT2D eigenvalue weighted by Gasteiger charge is -2.21. The van der Waals surface area contributed by atoms with Crippen molar-refractivity contribution in [3.63, 3.8) is 0 Å². The molecule has 0 spiro atoms. The first-order valence-corrected chi connectivity index (χ1v) is 12.6. The number of halogens is 1. The van der Waals surface area contributed by atoms with Crippen molar-refractivity contribution in [2.75, 3.05) is 0 Å². The summed E-state index contributed by atoms with van der Waals surface area (Å²) >= 11 is 5.31. The number of thiophene rings is 1. The van der Waals surface area contributed by atoms with Crippen molar-refractivity contribution >= 4 is 33.2 Å². The summed E-state index contributed by atoms with van der Waals surface area (Å²) in [5, 5.41) is 29.7. The van der Waals surface area contributed by atoms with Crippen molar-refractivity contribution in [2.45, 2.75) is 77.4 Å². The summed E-state index contributed by atoms with van der Waals surface area (Å²) in [5.74, 6) is 0.0993. The molecule has 30 heavy (non-hydrogen) atoms. The second-order valence-electron chi connectivity index (χ2n) is 8.31. The first-order valence-electron chi connectivity index (χ1n) is 11.0. The predicted octanol–water partition coefficient (Wildman–Crippen LogP) is 5.89. The van der Waals surface area contributed by atoms with Gasteiger partial charge in [-0.15, -0.1) is 11.3 Å². The Kier molecular flexibility index (Phi) is 10.8. The first-order chi connectivity index (χ1) is 14.3. The summed E-state index contributed by atoms with van der Waals surface area (Å²) in [6.07, 6.45) is 13.1. The number of unbranched alkanes of at least 4 members (excludes halogenated alkanes) is 1. The lowest BCUT2D eigenvalue weighted by atomic mass is 9.85. The molecule has 3 N–H and O–H groups in total. The number of carboxylic acids is 1. The number of aliphatic hydroxyl groups excluding tert-OH is 2. The van der Waals surface area contributed by atoms with E-state index in [4.69, 9.17) is 5.11 Å². The number of carbonyl (C=O) groups is 1. The van der Waals surface area contributed by atoms with Crippen molar-refractivity contribution in [3.05, 3.63) is 44.6 Å². The molecular formula is C24H35BrO4S. The van der Waals surface area contributed by atoms with E-state index in [-0.39, 0.29) is 24.4 Å². The van der Waals surface area contributed by atoms with Crippen LogP contribution in [-0.2, 0) is 11.2 Å². The summed E-state index contributed by atoms with van der Waals surface area (Å²) in [5.41, 5.74) is 0. The highest BCUT2D eigenvalue weighted by Gasteiger charge is 2.39. The van der Waals surface area contributed by atoms with E-state index in [0.29, 0.717) is 18.8 Å². The molecule has 0 aliphatic heterocycles. The normalized spacial score (nSPS) is 25.5. The Hall–Kier alpha value is -0.950. The molecule has 1 aromatic rings. The molecule has 0 saturated heterocycles. The van der Waals surface area contributed by atoms with Gasteiger partial charge in [0.15, 0.2) is 0 Å². The van der Waals surface area contributed by atoms with Gasteiger partial charge in [-0.25, -0.2) is 0 Å². The molecule has 0 amide bonds. The number of aryl methyl sites for hydroxylation is 2. The van der Waals surface area contributed by atoms with E-state index in [0.717, 1.165) is 36.6 Å². The maximum Gasteiger partial charge on any atom is 0.303 e. The van der Waals surface area contributed by atoms with E-state index in [1.807, 2.05) is 12.2 Å². The second-order valence-corrected chi connectivity index (χ2v) is 10.5. The Labute approximate surface area is 192 Å². The van der Waals surface area contributed by atoms with Gasteiger partial charge in [0.2, 0.25) is 0 Å². The fourth-order valence-corrected chi connectivity index (χ4v) is 5.94. The highest BCUT2D eigenvalue weighted by Crippen LogP contribution is 2.42. The number of rotatable bonds is 12. The average Bonchev–Trinajstić information content (AvgIpc) is 3.19. The van der Waals surface area contributed by atoms with E-state index in [2.05, 4.69) is 48.0 Å². The first kappa shape index (κ1) is 25.3. The van der Waals surface area contributed by atoms with Crippen molar-refractivity contribution < 1.29 is 20.1 Å². The Morgan fingerprint density at radius 2 is 2.17 bits per heavy atom. The molecule has 4 nitrogen and oxygen atoms in total. The van der Waals surface area contributed by atoms with E-state index < -0.39 is 12.1 Å². The van der Waals surface area contributed by atoms with Gasteiger partial charge in [-0.2, -0.15) is 0 Å². The lowest BCUT2D eigenvalue weighted by molar-refractivity contribution is -0.137. The quantitative estimate of drug-likeness (QED) is 0.248. The molecule has 1 aliphatic rings. The molecule has 6 heteroatoms. The van der Waals surface area contributed by atoms with Gasteiger partial charge in [0, 0.05) is 20.6 Å². The standard InChI is InChI=1S/C24H35BrO4S/c1-3-17-14-23(27)21(8-6-4-5-7-9-24(28)29)20(17)13-11-18(26)10-12-19-15-22(25)16(2)30-19/h4,6,11,13,15,17-18,20-21,23,26-27H,3,5,7-10,12,14H2,1-2H3,(H,28,29)/b6-4-,13-11+/t17?,18-,20-,21+,23?/m0/s1. The summed E-state index contributed by atoms with van der Waals surface area (Å²) in [4.78, 5) is 13.1. The number of hydrogen-bond donors (Lipinski definition) is 3. The highest BCUT2D eigenvalue weighted by molar-refractivity contribution is 9.10. The molecule has 2 rings (SSSR count). The van der Waals surface area contributed by atoms with Gasteiger partial charge in [-0.3, -0.25) is 4.79 Å². The molecule has 1 heterocycles. The molecule has 0 aromatic carbocycles. The maximum absolute atomic E-state index is 10.6. The van der Waals surface area contributed by atoms with Crippen LogP contribution in [0.25, 0.3) is 0 Å². The minimum atomic E-state index is -0.758. The Bertz CT molecular complexity index is 707. The third-order valence-electron chi connectivity index (χ3n) is 6.09. The van der Waals surface area contributed by atoms with E-state index in [1.165, 1.54) is 9.75 Å². The fraction of sp³-hybridized carbons (Fsp3) is 0.625. The topological polar surface area (TPSA) is 77.8 Å². The summed E-state index contributed by atoms with van der Waals surface area (Å²) < 4.78 is 1.14. The Morgan fingerprint density at radius 1 is 1.40 bits per heavy atom. The number of allylic oxidation sites excluding steroid dienone is 3. The molecular weight excluding hydrogens is 464 g/mol. The van der Waals surface area contributed by atoms with Gasteiger partial charge in [-0.05, 0) is 85.2 Å². The second kappa shape index (κ2) is 12.8. The molecule has 168 valence electrons. The van der Waals surface area contributed by atoms with Crippen LogP contribution in [0, 0.1) is 24.7 Å². The van der Waals surface area contributed by atoms with Crippen LogP contribution in [0.3, 0.4) is 0 Å². The van der Waals surface area contributed by atoms with Crippen LogP contribution in [0.4, 0.5) is 0 Å². The SMILES string of the molecule is CCC1CC(O)[C@H](C/C=C\CCCC(=O)O)[C@H]1/C=C/[C@@H](O)CCc1cc(Br)c(C)s1. The average molecular weight is 500 g/mol. The molecule has 2 unspecified atom stereocenters. The van der Waals surface area contributed by atoms with Crippen LogP contribution in [0.2, 0.25) is 0 Å². The monoisotopic (exact) mass is 498 g/mol. The zero-order valence-electron chi connectivity index (χ0n) is 18.0. The number of aliphatic carboxylic acids is 1. The zero-order valence-corrected chi connectivity index (χ0v) is 20.4. The number of hydrogen-bond acceptors (Lipinski definition) is 4. The minimum absolute atomic E-state index is 0.157. The Morgan fingerprint density at radius 3 is 2.80 bits per heavy atom. The molecule has 0 radical (unpaired) electrons. The van der Waals surface area contributed by atoms with Crippen molar-refractivity contribution in [2.24, 2.45) is 17.8 Å². The Balaban J connectivity index is 1.88. The van der Waals surface area contributed by atoms with Crippen LogP contribution < -0.4 is 0 Å². The molecule has 1 saturated carbocycles. The molecule has 1 aliphatic carbocycles. The molecule has 1 aromatic heterocycles. The summed E-state index contributed by atoms with van der Waals surface area (Å²) in [6, 6.07) is 2.13. The van der Waals surface area contributed by atoms with Crippen LogP contribution in [0.15, 0.2) is 34.8 Å². The van der Waals surface area contributed by atoms with Gasteiger partial charge >= 0.3 is 5.97 Å². The van der Waals surface area contributed by atoms with Gasteiger partial charge in [0.1, 0.15) is 0 Å². The lowest BCUT2D eigenvalue weighted by Crippen LogP contribution is -2.19. The van der Waals surface area contributed by atoms with Crippen LogP contribution in [0.5, 0.6) is 0 Å². The highest BCUT2D eigenvalue weighted by atomic mass is 79.9. The van der Waals surface area contributed by atoms with Gasteiger partial charge in [0.25, 0.3) is 0 Å². The van der Waals surface area contributed by atoms with Crippen molar-refractivity contribution in [1.82, 2.24) is 0 Å². The maximum atomic E-state index is 10.6. The van der Waals surface area contributed by atoms with Crippen LogP contribution in [0.1, 0.15) is 61.6 Å². The summed E-state index contributed by atoms with van der Waals surface area (Å²) in [6.45, 7) is 4.25. The predicted molar refractivity (Wildman–Crippen MR) is 127 cm³/mol. The van der Waals surface area contributed by atoms with E-state index in [9.17, 15) is 15.0 Å². The molecule has 1 fully saturated rings. The third kappa shape index (κ3) is 7.95. The number of carboxylic acid groups (broad SMARTS) is 1. The van der Waals surface area contributed by atoms with Crippen molar-refractivity contribution in [1.29, 1.82) is 0 Å². The fourth-order valence-electron chi connectivity index (χ4n) is 4.33. The summed E-state index contributed by atoms with van der Waals surface area (Å²) in [7, 11) is 0. The van der Waals surface area contributed by atoms with Crippen molar-refractivity contribution in [3.8, 4) is 0 Å². The minimum Gasteiger partial charge on any atom is -0.481 e. The van der Waals surface area contributed by atoms with Gasteiger partial charge in [0.05, 0.1) is 12.2 Å².